The molecular weight excluding hydrogens is 276 g/mol. The topological polar surface area (TPSA) is 38.5 Å². The fraction of sp³-hybridized carbons (Fsp3) is 0.500. The van der Waals surface area contributed by atoms with E-state index < -0.39 is 0 Å². The van der Waals surface area contributed by atoms with Gasteiger partial charge in [-0.15, -0.1) is 0 Å². The van der Waals surface area contributed by atoms with Gasteiger partial charge in [0, 0.05) is 18.2 Å². The second-order valence-corrected chi connectivity index (χ2v) is 6.09. The molecule has 1 aliphatic heterocycles. The molecule has 0 bridgehead atoms. The van der Waals surface area contributed by atoms with Gasteiger partial charge in [0.15, 0.2) is 0 Å². The number of likely N-dealkylation sites (tertiary alicyclic amines) is 1. The van der Waals surface area contributed by atoms with Gasteiger partial charge in [-0.1, -0.05) is 23.4 Å². The van der Waals surface area contributed by atoms with E-state index in [1.807, 2.05) is 26.0 Å². The molecule has 0 aliphatic carbocycles. The van der Waals surface area contributed by atoms with Gasteiger partial charge in [0.1, 0.15) is 11.5 Å². The molecule has 2 aromatic rings. The van der Waals surface area contributed by atoms with E-state index in [9.17, 15) is 0 Å². The number of nitrogens with zero attached hydrogens (tertiary/aromatic N) is 2. The van der Waals surface area contributed by atoms with Gasteiger partial charge in [-0.05, 0) is 51.3 Å². The third kappa shape index (κ3) is 3.02. The second kappa shape index (κ2) is 6.53. The molecule has 1 aromatic carbocycles. The molecule has 1 unspecified atom stereocenters. The number of para-hydroxylation sites is 1. The monoisotopic (exact) mass is 300 g/mol. The standard InChI is InChI=1S/C18H24N2O2/c1-13-17(14(2)22-19-13)12-20-10-6-8-16(20)11-15-7-4-5-9-18(15)21-3/h4-5,7,9,16H,6,8,10-12H2,1-3H3. The molecule has 1 aliphatic rings. The third-order valence-electron chi connectivity index (χ3n) is 4.69. The summed E-state index contributed by atoms with van der Waals surface area (Å²) >= 11 is 0. The SMILES string of the molecule is COc1ccccc1CC1CCCN1Cc1c(C)noc1C. The van der Waals surface area contributed by atoms with Gasteiger partial charge in [0.2, 0.25) is 0 Å². The van der Waals surface area contributed by atoms with Crippen molar-refractivity contribution in [3.05, 3.63) is 46.8 Å². The summed E-state index contributed by atoms with van der Waals surface area (Å²) in [5.41, 5.74) is 3.55. The molecule has 0 amide bonds. The number of hydrogen-bond donors (Lipinski definition) is 0. The first-order valence-corrected chi connectivity index (χ1v) is 7.96. The van der Waals surface area contributed by atoms with Crippen LogP contribution in [-0.2, 0) is 13.0 Å². The zero-order valence-electron chi connectivity index (χ0n) is 13.6. The Morgan fingerprint density at radius 3 is 2.86 bits per heavy atom. The maximum Gasteiger partial charge on any atom is 0.138 e. The summed E-state index contributed by atoms with van der Waals surface area (Å²) < 4.78 is 10.8. The van der Waals surface area contributed by atoms with Crippen molar-refractivity contribution in [2.45, 2.75) is 45.7 Å². The number of benzene rings is 1. The van der Waals surface area contributed by atoms with E-state index in [4.69, 9.17) is 9.26 Å². The lowest BCUT2D eigenvalue weighted by atomic mass is 10.0. The summed E-state index contributed by atoms with van der Waals surface area (Å²) in [5, 5.41) is 4.07. The quantitative estimate of drug-likeness (QED) is 0.847. The van der Waals surface area contributed by atoms with Crippen LogP contribution in [0.3, 0.4) is 0 Å². The highest BCUT2D eigenvalue weighted by molar-refractivity contribution is 5.34. The van der Waals surface area contributed by atoms with Gasteiger partial charge >= 0.3 is 0 Å². The fourth-order valence-corrected chi connectivity index (χ4v) is 3.39. The van der Waals surface area contributed by atoms with Gasteiger partial charge in [-0.25, -0.2) is 0 Å². The smallest absolute Gasteiger partial charge is 0.138 e. The van der Waals surface area contributed by atoms with Crippen LogP contribution in [0.4, 0.5) is 0 Å². The molecule has 0 radical (unpaired) electrons. The minimum atomic E-state index is 0.560. The lowest BCUT2D eigenvalue weighted by molar-refractivity contribution is 0.240. The number of aryl methyl sites for hydroxylation is 2. The van der Waals surface area contributed by atoms with Crippen molar-refractivity contribution in [2.24, 2.45) is 0 Å². The Hall–Kier alpha value is -1.81. The summed E-state index contributed by atoms with van der Waals surface area (Å²) in [6.07, 6.45) is 3.53. The van der Waals surface area contributed by atoms with Crippen LogP contribution in [-0.4, -0.2) is 29.8 Å². The highest BCUT2D eigenvalue weighted by Crippen LogP contribution is 2.28. The normalized spacial score (nSPS) is 18.8. The van der Waals surface area contributed by atoms with Gasteiger partial charge < -0.3 is 9.26 Å². The van der Waals surface area contributed by atoms with Crippen molar-refractivity contribution in [2.75, 3.05) is 13.7 Å². The van der Waals surface area contributed by atoms with Crippen molar-refractivity contribution >= 4 is 0 Å². The Morgan fingerprint density at radius 2 is 2.14 bits per heavy atom. The van der Waals surface area contributed by atoms with Crippen LogP contribution >= 0.6 is 0 Å². The predicted molar refractivity (Wildman–Crippen MR) is 86.1 cm³/mol. The van der Waals surface area contributed by atoms with Crippen LogP contribution in [0.1, 0.15) is 35.4 Å². The molecule has 2 heterocycles. The highest BCUT2D eigenvalue weighted by Gasteiger charge is 2.27. The Labute approximate surface area is 132 Å². The van der Waals surface area contributed by atoms with Crippen molar-refractivity contribution in [3.8, 4) is 5.75 Å². The van der Waals surface area contributed by atoms with Crippen LogP contribution in [0, 0.1) is 13.8 Å². The van der Waals surface area contributed by atoms with Crippen molar-refractivity contribution in [1.82, 2.24) is 10.1 Å². The van der Waals surface area contributed by atoms with Crippen molar-refractivity contribution in [3.63, 3.8) is 0 Å². The first kappa shape index (κ1) is 15.1. The van der Waals surface area contributed by atoms with Crippen LogP contribution in [0.15, 0.2) is 28.8 Å². The molecule has 1 fully saturated rings. The molecule has 3 rings (SSSR count). The first-order valence-electron chi connectivity index (χ1n) is 7.96. The van der Waals surface area contributed by atoms with E-state index in [1.54, 1.807) is 7.11 Å². The van der Waals surface area contributed by atoms with Crippen LogP contribution in [0.5, 0.6) is 5.75 Å². The molecular formula is C18H24N2O2. The maximum atomic E-state index is 5.49. The molecule has 4 nitrogen and oxygen atoms in total. The van der Waals surface area contributed by atoms with Gasteiger partial charge in [-0.2, -0.15) is 0 Å². The average molecular weight is 300 g/mol. The Morgan fingerprint density at radius 1 is 1.32 bits per heavy atom. The Balaban J connectivity index is 1.73. The largest absolute Gasteiger partial charge is 0.496 e. The second-order valence-electron chi connectivity index (χ2n) is 6.09. The lowest BCUT2D eigenvalue weighted by Gasteiger charge is -2.25. The molecule has 0 N–H and O–H groups in total. The van der Waals surface area contributed by atoms with E-state index in [0.29, 0.717) is 6.04 Å². The third-order valence-corrected chi connectivity index (χ3v) is 4.69. The van der Waals surface area contributed by atoms with E-state index >= 15 is 0 Å². The zero-order valence-corrected chi connectivity index (χ0v) is 13.6. The first-order chi connectivity index (χ1) is 10.7. The summed E-state index contributed by atoms with van der Waals surface area (Å²) in [6.45, 7) is 6.10. The predicted octanol–water partition coefficient (Wildman–Crippen LogP) is 3.51. The number of rotatable bonds is 5. The molecule has 0 spiro atoms. The summed E-state index contributed by atoms with van der Waals surface area (Å²) in [7, 11) is 1.75. The van der Waals surface area contributed by atoms with Crippen molar-refractivity contribution < 1.29 is 9.26 Å². The summed E-state index contributed by atoms with van der Waals surface area (Å²) in [4.78, 5) is 2.55. The van der Waals surface area contributed by atoms with E-state index in [2.05, 4.69) is 22.2 Å². The van der Waals surface area contributed by atoms with E-state index in [0.717, 1.165) is 36.7 Å². The Kier molecular flexibility index (Phi) is 4.48. The number of methoxy groups -OCH3 is 1. The van der Waals surface area contributed by atoms with Gasteiger partial charge in [0.05, 0.1) is 12.8 Å². The van der Waals surface area contributed by atoms with Crippen LogP contribution in [0.2, 0.25) is 0 Å². The van der Waals surface area contributed by atoms with Gasteiger partial charge in [0.25, 0.3) is 0 Å². The van der Waals surface area contributed by atoms with Crippen LogP contribution in [0.25, 0.3) is 0 Å². The van der Waals surface area contributed by atoms with Crippen LogP contribution < -0.4 is 4.74 Å². The molecule has 1 atom stereocenters. The summed E-state index contributed by atoms with van der Waals surface area (Å²) in [5.74, 6) is 1.94. The van der Waals surface area contributed by atoms with E-state index in [1.165, 1.54) is 24.0 Å². The lowest BCUT2D eigenvalue weighted by Crippen LogP contribution is -2.31. The van der Waals surface area contributed by atoms with Crippen molar-refractivity contribution in [1.29, 1.82) is 0 Å². The molecule has 22 heavy (non-hydrogen) atoms. The minimum Gasteiger partial charge on any atom is -0.496 e. The number of aromatic nitrogens is 1. The Bertz CT molecular complexity index is 616. The fourth-order valence-electron chi connectivity index (χ4n) is 3.39. The summed E-state index contributed by atoms with van der Waals surface area (Å²) in [6, 6.07) is 8.89. The number of ether oxygens (including phenoxy) is 1. The molecule has 118 valence electrons. The maximum absolute atomic E-state index is 5.49. The molecule has 1 saturated heterocycles. The van der Waals surface area contributed by atoms with E-state index in [-0.39, 0.29) is 0 Å². The van der Waals surface area contributed by atoms with Gasteiger partial charge in [-0.3, -0.25) is 4.90 Å². The minimum absolute atomic E-state index is 0.560. The molecule has 0 saturated carbocycles. The zero-order chi connectivity index (χ0) is 15.5. The number of hydrogen-bond acceptors (Lipinski definition) is 4. The average Bonchev–Trinajstić information content (AvgIpc) is 3.09. The highest BCUT2D eigenvalue weighted by atomic mass is 16.5. The molecule has 4 heteroatoms. The molecule has 1 aromatic heterocycles.